The van der Waals surface area contributed by atoms with Crippen LogP contribution >= 0.6 is 0 Å². The molecule has 1 rings (SSSR count). The molecular formula is C13H20F2N2O2S. The van der Waals surface area contributed by atoms with Gasteiger partial charge >= 0.3 is 0 Å². The van der Waals surface area contributed by atoms with Crippen LogP contribution in [0, 0.1) is 11.6 Å². The van der Waals surface area contributed by atoms with Crippen LogP contribution in [0.1, 0.15) is 24.9 Å². The summed E-state index contributed by atoms with van der Waals surface area (Å²) in [6.45, 7) is 2.57. The first kappa shape index (κ1) is 17.0. The van der Waals surface area contributed by atoms with E-state index in [-0.39, 0.29) is 12.6 Å². The minimum absolute atomic E-state index is 0.225. The summed E-state index contributed by atoms with van der Waals surface area (Å²) in [6.07, 6.45) is 1.72. The van der Waals surface area contributed by atoms with Crippen LogP contribution in [0.2, 0.25) is 0 Å². The summed E-state index contributed by atoms with van der Waals surface area (Å²) in [7, 11) is -1.45. The fourth-order valence-electron chi connectivity index (χ4n) is 2.10. The summed E-state index contributed by atoms with van der Waals surface area (Å²) in [4.78, 5) is 1.84. The largest absolute Gasteiger partial charge is 0.298 e. The maximum absolute atomic E-state index is 13.8. The number of sulfonamides is 1. The zero-order valence-electron chi connectivity index (χ0n) is 11.9. The Morgan fingerprint density at radius 1 is 1.35 bits per heavy atom. The van der Waals surface area contributed by atoms with Gasteiger partial charge in [-0.25, -0.2) is 21.9 Å². The number of hydrogen-bond donors (Lipinski definition) is 1. The lowest BCUT2D eigenvalue weighted by molar-refractivity contribution is 0.237. The van der Waals surface area contributed by atoms with Crippen LogP contribution in [-0.4, -0.2) is 39.7 Å². The predicted molar refractivity (Wildman–Crippen MR) is 74.9 cm³/mol. The zero-order chi connectivity index (χ0) is 15.3. The Balaban J connectivity index is 2.74. The van der Waals surface area contributed by atoms with Crippen molar-refractivity contribution in [2.75, 3.05) is 26.4 Å². The van der Waals surface area contributed by atoms with Crippen LogP contribution in [0.4, 0.5) is 8.78 Å². The second-order valence-electron chi connectivity index (χ2n) is 4.74. The van der Waals surface area contributed by atoms with E-state index in [1.165, 1.54) is 12.1 Å². The number of benzene rings is 1. The molecule has 0 fully saturated rings. The van der Waals surface area contributed by atoms with E-state index < -0.39 is 21.7 Å². The molecule has 1 aromatic rings. The van der Waals surface area contributed by atoms with Crippen molar-refractivity contribution in [3.05, 3.63) is 35.4 Å². The van der Waals surface area contributed by atoms with E-state index in [9.17, 15) is 17.2 Å². The Kier molecular flexibility index (Phi) is 6.04. The fraction of sp³-hybridized carbons (Fsp3) is 0.538. The van der Waals surface area contributed by atoms with Crippen molar-refractivity contribution in [2.24, 2.45) is 0 Å². The maximum Gasteiger partial charge on any atom is 0.208 e. The van der Waals surface area contributed by atoms with E-state index >= 15 is 0 Å². The lowest BCUT2D eigenvalue weighted by Gasteiger charge is -2.27. The van der Waals surface area contributed by atoms with Crippen molar-refractivity contribution in [1.82, 2.24) is 9.62 Å². The van der Waals surface area contributed by atoms with Gasteiger partial charge in [-0.05, 0) is 19.5 Å². The first-order valence-corrected chi connectivity index (χ1v) is 8.23. The molecule has 0 saturated heterocycles. The molecule has 7 heteroatoms. The minimum atomic E-state index is -3.23. The monoisotopic (exact) mass is 306 g/mol. The third-order valence-corrected chi connectivity index (χ3v) is 3.80. The topological polar surface area (TPSA) is 49.4 Å². The fourth-order valence-corrected chi connectivity index (χ4v) is 2.57. The molecule has 0 aliphatic carbocycles. The van der Waals surface area contributed by atoms with Gasteiger partial charge in [-0.3, -0.25) is 4.90 Å². The molecule has 0 spiro atoms. The lowest BCUT2D eigenvalue weighted by Crippen LogP contribution is -2.34. The molecule has 1 atom stereocenters. The van der Waals surface area contributed by atoms with Gasteiger partial charge in [0.05, 0.1) is 6.26 Å². The molecule has 0 aliphatic heterocycles. The molecule has 20 heavy (non-hydrogen) atoms. The van der Waals surface area contributed by atoms with E-state index in [0.717, 1.165) is 12.3 Å². The van der Waals surface area contributed by atoms with Gasteiger partial charge in [-0.1, -0.05) is 13.0 Å². The van der Waals surface area contributed by atoms with Crippen LogP contribution < -0.4 is 4.72 Å². The Hall–Kier alpha value is -1.05. The van der Waals surface area contributed by atoms with Gasteiger partial charge in [0.2, 0.25) is 10.0 Å². The number of halogens is 2. The maximum atomic E-state index is 13.8. The third kappa shape index (κ3) is 5.15. The molecule has 0 heterocycles. The van der Waals surface area contributed by atoms with Crippen LogP contribution in [0.25, 0.3) is 0 Å². The summed E-state index contributed by atoms with van der Waals surface area (Å²) in [6, 6.07) is 3.29. The van der Waals surface area contributed by atoms with Crippen LogP contribution in [0.3, 0.4) is 0 Å². The summed E-state index contributed by atoms with van der Waals surface area (Å²) >= 11 is 0. The highest BCUT2D eigenvalue weighted by molar-refractivity contribution is 7.88. The Bertz CT molecular complexity index is 549. The smallest absolute Gasteiger partial charge is 0.208 e. The van der Waals surface area contributed by atoms with Crippen molar-refractivity contribution >= 4 is 10.0 Å². The Morgan fingerprint density at radius 3 is 2.50 bits per heavy atom. The van der Waals surface area contributed by atoms with Gasteiger partial charge in [-0.15, -0.1) is 0 Å². The first-order chi connectivity index (χ1) is 9.24. The standard InChI is InChI=1S/C13H20F2N2O2S/c1-4-13(11-6-5-10(14)9-12(11)15)17(2)8-7-16-20(3,18)19/h5-6,9,13,16H,4,7-8H2,1-3H3/t13-/m1/s1. The molecule has 4 nitrogen and oxygen atoms in total. The molecule has 0 unspecified atom stereocenters. The molecule has 114 valence electrons. The average molecular weight is 306 g/mol. The van der Waals surface area contributed by atoms with E-state index in [1.807, 2.05) is 11.8 Å². The first-order valence-electron chi connectivity index (χ1n) is 6.34. The zero-order valence-corrected chi connectivity index (χ0v) is 12.7. The minimum Gasteiger partial charge on any atom is -0.298 e. The van der Waals surface area contributed by atoms with Crippen LogP contribution in [0.15, 0.2) is 18.2 Å². The van der Waals surface area contributed by atoms with E-state index in [0.29, 0.717) is 18.5 Å². The molecular weight excluding hydrogens is 286 g/mol. The molecule has 0 saturated carbocycles. The van der Waals surface area contributed by atoms with Gasteiger partial charge in [0.15, 0.2) is 0 Å². The molecule has 1 N–H and O–H groups in total. The summed E-state index contributed by atoms with van der Waals surface area (Å²) in [5.41, 5.74) is 0.413. The predicted octanol–water partition coefficient (Wildman–Crippen LogP) is 1.90. The van der Waals surface area contributed by atoms with Gasteiger partial charge in [-0.2, -0.15) is 0 Å². The van der Waals surface area contributed by atoms with E-state index in [1.54, 1.807) is 7.05 Å². The number of rotatable bonds is 7. The van der Waals surface area contributed by atoms with E-state index in [2.05, 4.69) is 4.72 Å². The van der Waals surface area contributed by atoms with Crippen LogP contribution in [-0.2, 0) is 10.0 Å². The normalized spacial score (nSPS) is 13.7. The molecule has 1 aromatic carbocycles. The molecule has 0 amide bonds. The van der Waals surface area contributed by atoms with Crippen LogP contribution in [0.5, 0.6) is 0 Å². The van der Waals surface area contributed by atoms with Gasteiger partial charge in [0, 0.05) is 30.8 Å². The van der Waals surface area contributed by atoms with Crippen molar-refractivity contribution in [2.45, 2.75) is 19.4 Å². The summed E-state index contributed by atoms with van der Waals surface area (Å²) in [5.74, 6) is -1.19. The Labute approximate surface area is 118 Å². The second kappa shape index (κ2) is 7.10. The third-order valence-electron chi connectivity index (χ3n) is 3.07. The Morgan fingerprint density at radius 2 is 2.00 bits per heavy atom. The second-order valence-corrected chi connectivity index (χ2v) is 6.57. The number of hydrogen-bond acceptors (Lipinski definition) is 3. The number of likely N-dealkylation sites (N-methyl/N-ethyl adjacent to an activating group) is 1. The van der Waals surface area contributed by atoms with Crippen molar-refractivity contribution < 1.29 is 17.2 Å². The number of nitrogens with one attached hydrogen (secondary N) is 1. The molecule has 0 aliphatic rings. The van der Waals surface area contributed by atoms with Crippen molar-refractivity contribution in [3.8, 4) is 0 Å². The summed E-state index contributed by atoms with van der Waals surface area (Å²) < 4.78 is 51.0. The quantitative estimate of drug-likeness (QED) is 0.837. The van der Waals surface area contributed by atoms with Gasteiger partial charge < -0.3 is 0 Å². The molecule has 0 radical (unpaired) electrons. The highest BCUT2D eigenvalue weighted by Crippen LogP contribution is 2.25. The lowest BCUT2D eigenvalue weighted by atomic mass is 10.0. The summed E-state index contributed by atoms with van der Waals surface area (Å²) in [5, 5.41) is 0. The SMILES string of the molecule is CC[C@H](c1ccc(F)cc1F)N(C)CCNS(C)(=O)=O. The van der Waals surface area contributed by atoms with Gasteiger partial charge in [0.1, 0.15) is 11.6 Å². The van der Waals surface area contributed by atoms with Gasteiger partial charge in [0.25, 0.3) is 0 Å². The molecule has 0 aromatic heterocycles. The van der Waals surface area contributed by atoms with Crippen molar-refractivity contribution in [1.29, 1.82) is 0 Å². The highest BCUT2D eigenvalue weighted by atomic mass is 32.2. The van der Waals surface area contributed by atoms with Crippen molar-refractivity contribution in [3.63, 3.8) is 0 Å². The average Bonchev–Trinajstić information content (AvgIpc) is 2.31. The van der Waals surface area contributed by atoms with E-state index in [4.69, 9.17) is 0 Å². The highest BCUT2D eigenvalue weighted by Gasteiger charge is 2.19. The number of nitrogens with zero attached hydrogens (tertiary/aromatic N) is 1. The molecule has 0 bridgehead atoms.